The molecular weight excluding hydrogens is 238 g/mol. The fraction of sp³-hybridized carbons (Fsp3) is 0.364. The molecule has 3 rings (SSSR count). The lowest BCUT2D eigenvalue weighted by Crippen LogP contribution is -2.41. The average Bonchev–Trinajstić information content (AvgIpc) is 2.89. The molecular formula is C11H11N3O2S. The van der Waals surface area contributed by atoms with Gasteiger partial charge in [0.1, 0.15) is 6.10 Å². The van der Waals surface area contributed by atoms with Crippen molar-refractivity contribution in [3.05, 3.63) is 30.1 Å². The summed E-state index contributed by atoms with van der Waals surface area (Å²) in [5.74, 6) is 1.49. The standard InChI is InChI=1S/C11H11N3O2S/c12-11-14(8-5-17-6-9(8)16-11)10(15)7-2-1-3-13-4-7/h1-4,8-9,12H,5-6H2/t8-,9+/m0/s1. The number of carbonyl (C=O) groups excluding carboxylic acids is 1. The third-order valence-corrected chi connectivity index (χ3v) is 4.08. The number of fused-ring (bicyclic) bond motifs is 1. The van der Waals surface area contributed by atoms with Gasteiger partial charge >= 0.3 is 0 Å². The Morgan fingerprint density at radius 2 is 2.47 bits per heavy atom. The van der Waals surface area contributed by atoms with E-state index < -0.39 is 0 Å². The summed E-state index contributed by atoms with van der Waals surface area (Å²) in [5.41, 5.74) is 0.499. The van der Waals surface area contributed by atoms with Gasteiger partial charge < -0.3 is 4.74 Å². The fourth-order valence-electron chi connectivity index (χ4n) is 2.10. The third-order valence-electron chi connectivity index (χ3n) is 2.94. The van der Waals surface area contributed by atoms with E-state index in [1.165, 1.54) is 11.1 Å². The minimum absolute atomic E-state index is 0.000191. The molecule has 0 bridgehead atoms. The van der Waals surface area contributed by atoms with E-state index in [4.69, 9.17) is 10.1 Å². The van der Waals surface area contributed by atoms with Gasteiger partial charge in [-0.05, 0) is 12.1 Å². The summed E-state index contributed by atoms with van der Waals surface area (Å²) in [6, 6.07) is 3.39. The lowest BCUT2D eigenvalue weighted by molar-refractivity contribution is 0.0823. The number of ether oxygens (including phenoxy) is 1. The van der Waals surface area contributed by atoms with Crippen LogP contribution < -0.4 is 0 Å². The summed E-state index contributed by atoms with van der Waals surface area (Å²) >= 11 is 1.75. The number of thioether (sulfide) groups is 1. The zero-order valence-corrected chi connectivity index (χ0v) is 9.81. The van der Waals surface area contributed by atoms with Crippen LogP contribution in [0.4, 0.5) is 0 Å². The fourth-order valence-corrected chi connectivity index (χ4v) is 3.36. The molecule has 2 saturated heterocycles. The van der Waals surface area contributed by atoms with Crippen LogP contribution in [0.3, 0.4) is 0 Å². The highest BCUT2D eigenvalue weighted by molar-refractivity contribution is 7.99. The van der Waals surface area contributed by atoms with Crippen LogP contribution in [0.5, 0.6) is 0 Å². The van der Waals surface area contributed by atoms with Crippen molar-refractivity contribution in [1.29, 1.82) is 5.41 Å². The van der Waals surface area contributed by atoms with Crippen molar-refractivity contribution < 1.29 is 9.53 Å². The van der Waals surface area contributed by atoms with Crippen LogP contribution in [0.25, 0.3) is 0 Å². The minimum Gasteiger partial charge on any atom is -0.459 e. The van der Waals surface area contributed by atoms with Gasteiger partial charge in [-0.3, -0.25) is 20.1 Å². The maximum atomic E-state index is 12.3. The SMILES string of the molecule is N=C1O[C@@H]2CSC[C@@H]2N1C(=O)c1cccnc1. The van der Waals surface area contributed by atoms with Crippen LogP contribution >= 0.6 is 11.8 Å². The zero-order valence-electron chi connectivity index (χ0n) is 9.00. The molecule has 2 aliphatic heterocycles. The molecule has 0 radical (unpaired) electrons. The second-order valence-electron chi connectivity index (χ2n) is 3.98. The number of amidine groups is 1. The van der Waals surface area contributed by atoms with Crippen LogP contribution in [0.15, 0.2) is 24.5 Å². The number of nitrogens with one attached hydrogen (secondary N) is 1. The largest absolute Gasteiger partial charge is 0.459 e. The molecule has 1 aromatic rings. The molecule has 1 amide bonds. The molecule has 88 valence electrons. The number of pyridine rings is 1. The molecule has 2 aliphatic rings. The second-order valence-corrected chi connectivity index (χ2v) is 5.06. The third kappa shape index (κ3) is 1.68. The first-order valence-electron chi connectivity index (χ1n) is 5.34. The summed E-state index contributed by atoms with van der Waals surface area (Å²) in [5, 5.41) is 7.74. The Bertz CT molecular complexity index is 465. The molecule has 3 heterocycles. The first kappa shape index (κ1) is 10.6. The smallest absolute Gasteiger partial charge is 0.292 e. The van der Waals surface area contributed by atoms with E-state index in [0.29, 0.717) is 5.56 Å². The van der Waals surface area contributed by atoms with Crippen molar-refractivity contribution in [2.45, 2.75) is 12.1 Å². The second kappa shape index (κ2) is 4.03. The lowest BCUT2D eigenvalue weighted by atomic mass is 10.2. The van der Waals surface area contributed by atoms with Crippen LogP contribution in [-0.4, -0.2) is 45.5 Å². The molecule has 0 aromatic carbocycles. The summed E-state index contributed by atoms with van der Waals surface area (Å²) < 4.78 is 5.39. The van der Waals surface area contributed by atoms with Crippen LogP contribution in [-0.2, 0) is 4.74 Å². The van der Waals surface area contributed by atoms with E-state index in [1.807, 2.05) is 0 Å². The van der Waals surface area contributed by atoms with Crippen molar-refractivity contribution in [2.75, 3.05) is 11.5 Å². The highest BCUT2D eigenvalue weighted by atomic mass is 32.2. The summed E-state index contributed by atoms with van der Waals surface area (Å²) in [7, 11) is 0. The zero-order chi connectivity index (χ0) is 11.8. The summed E-state index contributed by atoms with van der Waals surface area (Å²) in [6.45, 7) is 0. The number of carbonyl (C=O) groups is 1. The number of rotatable bonds is 1. The van der Waals surface area contributed by atoms with Crippen molar-refractivity contribution >= 4 is 23.7 Å². The molecule has 1 N–H and O–H groups in total. The number of nitrogens with zero attached hydrogens (tertiary/aromatic N) is 2. The van der Waals surface area contributed by atoms with Gasteiger partial charge in [-0.25, -0.2) is 0 Å². The van der Waals surface area contributed by atoms with Crippen LogP contribution in [0.2, 0.25) is 0 Å². The van der Waals surface area contributed by atoms with Gasteiger partial charge in [-0.1, -0.05) is 0 Å². The monoisotopic (exact) mass is 249 g/mol. The molecule has 6 heteroatoms. The maximum Gasteiger partial charge on any atom is 0.292 e. The minimum atomic E-state index is -0.196. The molecule has 2 fully saturated rings. The first-order chi connectivity index (χ1) is 8.27. The Hall–Kier alpha value is -1.56. The van der Waals surface area contributed by atoms with E-state index in [0.717, 1.165) is 11.5 Å². The molecule has 0 spiro atoms. The topological polar surface area (TPSA) is 66.3 Å². The predicted octanol–water partition coefficient (Wildman–Crippen LogP) is 0.973. The Balaban J connectivity index is 1.89. The first-order valence-corrected chi connectivity index (χ1v) is 6.49. The molecule has 5 nitrogen and oxygen atoms in total. The molecule has 0 unspecified atom stereocenters. The van der Waals surface area contributed by atoms with Crippen molar-refractivity contribution in [1.82, 2.24) is 9.88 Å². The van der Waals surface area contributed by atoms with E-state index in [2.05, 4.69) is 4.98 Å². The van der Waals surface area contributed by atoms with E-state index in [9.17, 15) is 4.79 Å². The Labute approximate surface area is 103 Å². The van der Waals surface area contributed by atoms with Gasteiger partial charge in [0, 0.05) is 23.9 Å². The van der Waals surface area contributed by atoms with E-state index in [1.54, 1.807) is 30.1 Å². The predicted molar refractivity (Wildman–Crippen MR) is 64.1 cm³/mol. The van der Waals surface area contributed by atoms with E-state index in [-0.39, 0.29) is 24.1 Å². The van der Waals surface area contributed by atoms with Gasteiger partial charge in [-0.15, -0.1) is 0 Å². The molecule has 0 saturated carbocycles. The number of amides is 1. The number of hydrogen-bond donors (Lipinski definition) is 1. The van der Waals surface area contributed by atoms with Crippen molar-refractivity contribution in [3.63, 3.8) is 0 Å². The number of aromatic nitrogens is 1. The average molecular weight is 249 g/mol. The van der Waals surface area contributed by atoms with Crippen molar-refractivity contribution in [2.24, 2.45) is 0 Å². The Morgan fingerprint density at radius 1 is 1.59 bits per heavy atom. The molecule has 0 aliphatic carbocycles. The van der Waals surface area contributed by atoms with Crippen LogP contribution in [0, 0.1) is 5.41 Å². The Morgan fingerprint density at radius 3 is 3.24 bits per heavy atom. The quantitative estimate of drug-likeness (QED) is 0.805. The molecule has 1 aromatic heterocycles. The van der Waals surface area contributed by atoms with E-state index >= 15 is 0 Å². The maximum absolute atomic E-state index is 12.3. The summed E-state index contributed by atoms with van der Waals surface area (Å²) in [4.78, 5) is 17.6. The van der Waals surface area contributed by atoms with Gasteiger partial charge in [0.25, 0.3) is 11.9 Å². The summed E-state index contributed by atoms with van der Waals surface area (Å²) in [6.07, 6.45) is 3.12. The van der Waals surface area contributed by atoms with Gasteiger partial charge in [0.15, 0.2) is 0 Å². The normalized spacial score (nSPS) is 26.8. The highest BCUT2D eigenvalue weighted by Crippen LogP contribution is 2.32. The molecule has 17 heavy (non-hydrogen) atoms. The Kier molecular flexibility index (Phi) is 2.51. The molecule has 2 atom stereocenters. The number of hydrogen-bond acceptors (Lipinski definition) is 5. The lowest BCUT2D eigenvalue weighted by Gasteiger charge is -2.18. The highest BCUT2D eigenvalue weighted by Gasteiger charge is 2.46. The van der Waals surface area contributed by atoms with Crippen molar-refractivity contribution in [3.8, 4) is 0 Å². The van der Waals surface area contributed by atoms with Crippen LogP contribution in [0.1, 0.15) is 10.4 Å². The van der Waals surface area contributed by atoms with Gasteiger partial charge in [0.2, 0.25) is 0 Å². The van der Waals surface area contributed by atoms with Gasteiger partial charge in [-0.2, -0.15) is 11.8 Å². The van der Waals surface area contributed by atoms with Gasteiger partial charge in [0.05, 0.1) is 11.6 Å².